The van der Waals surface area contributed by atoms with E-state index in [0.717, 1.165) is 0 Å². The highest BCUT2D eigenvalue weighted by molar-refractivity contribution is 7.99. The standard InChI is InChI=1S/C19H16Cl2F2N4O2S/c1-2-27-17(11-3-6-13(7-4-11)29-18(22)23)25-26-19(27)30-10-16(28)24-15-8-5-12(20)9-14(15)21/h3-9,18H,2,10H2,1H3,(H,24,28). The van der Waals surface area contributed by atoms with Crippen LogP contribution in [-0.2, 0) is 11.3 Å². The largest absolute Gasteiger partial charge is 0.435 e. The molecule has 0 saturated carbocycles. The maximum Gasteiger partial charge on any atom is 0.387 e. The lowest BCUT2D eigenvalue weighted by Gasteiger charge is -2.09. The highest BCUT2D eigenvalue weighted by atomic mass is 35.5. The van der Waals surface area contributed by atoms with Crippen LogP contribution in [0.5, 0.6) is 5.75 Å². The molecule has 0 aliphatic heterocycles. The van der Waals surface area contributed by atoms with E-state index in [0.29, 0.717) is 38.8 Å². The first kappa shape index (κ1) is 22.3. The number of benzene rings is 2. The van der Waals surface area contributed by atoms with Gasteiger partial charge < -0.3 is 14.6 Å². The second-order valence-corrected chi connectivity index (χ2v) is 7.70. The third-order valence-corrected chi connectivity index (χ3v) is 5.42. The quantitative estimate of drug-likeness (QED) is 0.431. The van der Waals surface area contributed by atoms with Crippen molar-refractivity contribution in [2.45, 2.75) is 25.2 Å². The number of alkyl halides is 2. The Hall–Kier alpha value is -2.36. The lowest BCUT2D eigenvalue weighted by molar-refractivity contribution is -0.113. The number of rotatable bonds is 8. The molecule has 158 valence electrons. The van der Waals surface area contributed by atoms with Crippen LogP contribution in [0.4, 0.5) is 14.5 Å². The number of anilines is 1. The molecule has 0 atom stereocenters. The fourth-order valence-electron chi connectivity index (χ4n) is 2.59. The van der Waals surface area contributed by atoms with Gasteiger partial charge in [0.25, 0.3) is 0 Å². The minimum atomic E-state index is -2.88. The Kier molecular flexibility index (Phi) is 7.52. The third-order valence-electron chi connectivity index (χ3n) is 3.91. The molecule has 0 unspecified atom stereocenters. The van der Waals surface area contributed by atoms with Crippen molar-refractivity contribution in [1.82, 2.24) is 14.8 Å². The number of carbonyl (C=O) groups excluding carboxylic acids is 1. The molecule has 6 nitrogen and oxygen atoms in total. The van der Waals surface area contributed by atoms with Crippen LogP contribution in [-0.4, -0.2) is 33.0 Å². The van der Waals surface area contributed by atoms with Gasteiger partial charge in [-0.3, -0.25) is 4.79 Å². The molecule has 1 N–H and O–H groups in total. The number of ether oxygens (including phenoxy) is 1. The van der Waals surface area contributed by atoms with Crippen molar-refractivity contribution in [3.63, 3.8) is 0 Å². The van der Waals surface area contributed by atoms with Crippen molar-refractivity contribution in [2.24, 2.45) is 0 Å². The average molecular weight is 473 g/mol. The van der Waals surface area contributed by atoms with E-state index in [1.807, 2.05) is 11.5 Å². The average Bonchev–Trinajstić information content (AvgIpc) is 3.11. The van der Waals surface area contributed by atoms with Crippen LogP contribution in [0.2, 0.25) is 10.0 Å². The molecule has 0 spiro atoms. The number of hydrogen-bond acceptors (Lipinski definition) is 5. The SMILES string of the molecule is CCn1c(SCC(=O)Nc2ccc(Cl)cc2Cl)nnc1-c1ccc(OC(F)F)cc1. The zero-order valence-electron chi connectivity index (χ0n) is 15.6. The smallest absolute Gasteiger partial charge is 0.387 e. The normalized spacial score (nSPS) is 11.0. The fourth-order valence-corrected chi connectivity index (χ4v) is 3.84. The van der Waals surface area contributed by atoms with Crippen molar-refractivity contribution in [2.75, 3.05) is 11.1 Å². The third kappa shape index (κ3) is 5.62. The van der Waals surface area contributed by atoms with Gasteiger partial charge in [-0.15, -0.1) is 10.2 Å². The predicted octanol–water partition coefficient (Wildman–Crippen LogP) is 5.60. The molecule has 0 radical (unpaired) electrons. The van der Waals surface area contributed by atoms with Crippen molar-refractivity contribution in [3.05, 3.63) is 52.5 Å². The Labute approximate surface area is 185 Å². The van der Waals surface area contributed by atoms with E-state index in [9.17, 15) is 13.6 Å². The summed E-state index contributed by atoms with van der Waals surface area (Å²) in [5, 5.41) is 12.4. The number of amides is 1. The van der Waals surface area contributed by atoms with Crippen LogP contribution >= 0.6 is 35.0 Å². The highest BCUT2D eigenvalue weighted by Gasteiger charge is 2.16. The number of halogens is 4. The molecular formula is C19H16Cl2F2N4O2S. The van der Waals surface area contributed by atoms with Gasteiger partial charge in [0.05, 0.1) is 16.5 Å². The summed E-state index contributed by atoms with van der Waals surface area (Å²) < 4.78 is 30.8. The van der Waals surface area contributed by atoms with E-state index < -0.39 is 6.61 Å². The Balaban J connectivity index is 1.67. The predicted molar refractivity (Wildman–Crippen MR) is 114 cm³/mol. The van der Waals surface area contributed by atoms with Crippen molar-refractivity contribution < 1.29 is 18.3 Å². The molecular weight excluding hydrogens is 457 g/mol. The molecule has 0 fully saturated rings. The van der Waals surface area contributed by atoms with E-state index >= 15 is 0 Å². The summed E-state index contributed by atoms with van der Waals surface area (Å²) in [7, 11) is 0. The van der Waals surface area contributed by atoms with Gasteiger partial charge in [-0.05, 0) is 49.4 Å². The van der Waals surface area contributed by atoms with Crippen molar-refractivity contribution in [3.8, 4) is 17.1 Å². The van der Waals surface area contributed by atoms with Crippen LogP contribution in [0.1, 0.15) is 6.92 Å². The molecule has 30 heavy (non-hydrogen) atoms. The minimum Gasteiger partial charge on any atom is -0.435 e. The minimum absolute atomic E-state index is 0.0587. The molecule has 3 aromatic rings. The molecule has 2 aromatic carbocycles. The topological polar surface area (TPSA) is 69.0 Å². The van der Waals surface area contributed by atoms with E-state index in [1.54, 1.807) is 30.3 Å². The van der Waals surface area contributed by atoms with Crippen LogP contribution in [0, 0.1) is 0 Å². The molecule has 3 rings (SSSR count). The first-order valence-electron chi connectivity index (χ1n) is 8.73. The lowest BCUT2D eigenvalue weighted by atomic mass is 10.2. The first-order valence-corrected chi connectivity index (χ1v) is 10.5. The van der Waals surface area contributed by atoms with Gasteiger partial charge in [-0.2, -0.15) is 8.78 Å². The molecule has 11 heteroatoms. The van der Waals surface area contributed by atoms with Gasteiger partial charge in [0.15, 0.2) is 11.0 Å². The summed E-state index contributed by atoms with van der Waals surface area (Å²) in [5.74, 6) is 0.455. The Bertz CT molecular complexity index is 1030. The van der Waals surface area contributed by atoms with Crippen LogP contribution < -0.4 is 10.1 Å². The molecule has 0 saturated heterocycles. The summed E-state index contributed by atoms with van der Waals surface area (Å²) in [4.78, 5) is 12.3. The fraction of sp³-hybridized carbons (Fsp3) is 0.211. The summed E-state index contributed by atoms with van der Waals surface area (Å²) in [6.07, 6.45) is 0. The zero-order valence-corrected chi connectivity index (χ0v) is 17.9. The monoisotopic (exact) mass is 472 g/mol. The summed E-state index contributed by atoms with van der Waals surface area (Å²) in [6.45, 7) is -0.407. The summed E-state index contributed by atoms with van der Waals surface area (Å²) in [6, 6.07) is 10.9. The second-order valence-electron chi connectivity index (χ2n) is 5.91. The highest BCUT2D eigenvalue weighted by Crippen LogP contribution is 2.28. The molecule has 1 heterocycles. The molecule has 1 amide bonds. The van der Waals surface area contributed by atoms with Crippen LogP contribution in [0.25, 0.3) is 11.4 Å². The summed E-state index contributed by atoms with van der Waals surface area (Å²) >= 11 is 13.1. The van der Waals surface area contributed by atoms with E-state index in [-0.39, 0.29) is 17.4 Å². The molecule has 0 aliphatic rings. The van der Waals surface area contributed by atoms with Crippen LogP contribution in [0.15, 0.2) is 47.6 Å². The van der Waals surface area contributed by atoms with Crippen LogP contribution in [0.3, 0.4) is 0 Å². The number of thioether (sulfide) groups is 1. The van der Waals surface area contributed by atoms with Crippen molar-refractivity contribution >= 4 is 46.6 Å². The Morgan fingerprint density at radius 1 is 1.20 bits per heavy atom. The molecule has 0 aliphatic carbocycles. The number of aromatic nitrogens is 3. The number of hydrogen-bond donors (Lipinski definition) is 1. The number of nitrogens with one attached hydrogen (secondary N) is 1. The van der Waals surface area contributed by atoms with E-state index in [1.165, 1.54) is 23.9 Å². The van der Waals surface area contributed by atoms with Gasteiger partial charge in [0, 0.05) is 17.1 Å². The molecule has 0 bridgehead atoms. The van der Waals surface area contributed by atoms with E-state index in [2.05, 4.69) is 20.3 Å². The maximum atomic E-state index is 12.3. The Morgan fingerprint density at radius 2 is 1.93 bits per heavy atom. The number of carbonyl (C=O) groups is 1. The van der Waals surface area contributed by atoms with Gasteiger partial charge >= 0.3 is 6.61 Å². The van der Waals surface area contributed by atoms with Gasteiger partial charge in [0.2, 0.25) is 5.91 Å². The second kappa shape index (κ2) is 10.1. The number of nitrogens with zero attached hydrogens (tertiary/aromatic N) is 3. The Morgan fingerprint density at radius 3 is 2.57 bits per heavy atom. The van der Waals surface area contributed by atoms with Crippen molar-refractivity contribution in [1.29, 1.82) is 0 Å². The first-order chi connectivity index (χ1) is 14.4. The zero-order chi connectivity index (χ0) is 21.7. The maximum absolute atomic E-state index is 12.3. The lowest BCUT2D eigenvalue weighted by Crippen LogP contribution is -2.15. The van der Waals surface area contributed by atoms with Gasteiger partial charge in [-0.25, -0.2) is 0 Å². The van der Waals surface area contributed by atoms with Gasteiger partial charge in [-0.1, -0.05) is 35.0 Å². The summed E-state index contributed by atoms with van der Waals surface area (Å²) in [5.41, 5.74) is 1.16. The van der Waals surface area contributed by atoms with Gasteiger partial charge in [0.1, 0.15) is 5.75 Å². The molecule has 1 aromatic heterocycles. The van der Waals surface area contributed by atoms with E-state index in [4.69, 9.17) is 23.2 Å².